The van der Waals surface area contributed by atoms with Gasteiger partial charge in [-0.15, -0.1) is 0 Å². The first-order chi connectivity index (χ1) is 14.7. The number of hydrogen-bond donors (Lipinski definition) is 0. The third-order valence-corrected chi connectivity index (χ3v) is 4.71. The summed E-state index contributed by atoms with van der Waals surface area (Å²) in [6, 6.07) is 5.08. The summed E-state index contributed by atoms with van der Waals surface area (Å²) in [6.45, 7) is 9.66. The van der Waals surface area contributed by atoms with E-state index in [1.54, 1.807) is 18.2 Å². The van der Waals surface area contributed by atoms with Crippen molar-refractivity contribution in [1.82, 2.24) is 0 Å². The molecule has 172 valence electrons. The number of rotatable bonds is 12. The molecule has 0 radical (unpaired) electrons. The van der Waals surface area contributed by atoms with Gasteiger partial charge in [-0.3, -0.25) is 4.79 Å². The topological polar surface area (TPSA) is 75.0 Å². The van der Waals surface area contributed by atoms with Gasteiger partial charge in [0.15, 0.2) is 5.75 Å². The van der Waals surface area contributed by atoms with Crippen LogP contribution in [-0.2, 0) is 4.79 Å². The molecular formula is C25H36O6. The Bertz CT molecular complexity index is 907. The van der Waals surface area contributed by atoms with Crippen LogP contribution in [0.1, 0.15) is 86.0 Å². The Labute approximate surface area is 184 Å². The molecule has 0 saturated heterocycles. The SMILES string of the molecule is CCCCCCCCCCOc1c(OC(C)=O)c2ccc(OC(C)(C)C)cc2oc1=O. The van der Waals surface area contributed by atoms with Gasteiger partial charge in [0.05, 0.1) is 12.0 Å². The lowest BCUT2D eigenvalue weighted by Gasteiger charge is -2.21. The highest BCUT2D eigenvalue weighted by Gasteiger charge is 2.21. The monoisotopic (exact) mass is 432 g/mol. The Morgan fingerprint density at radius 2 is 1.61 bits per heavy atom. The van der Waals surface area contributed by atoms with Crippen molar-refractivity contribution >= 4 is 16.9 Å². The molecule has 0 amide bonds. The molecule has 31 heavy (non-hydrogen) atoms. The van der Waals surface area contributed by atoms with Crippen LogP contribution < -0.4 is 19.8 Å². The maximum Gasteiger partial charge on any atom is 0.383 e. The van der Waals surface area contributed by atoms with E-state index in [0.717, 1.165) is 19.3 Å². The van der Waals surface area contributed by atoms with Gasteiger partial charge in [-0.2, -0.15) is 0 Å². The van der Waals surface area contributed by atoms with Crippen LogP contribution in [0.15, 0.2) is 27.4 Å². The Hall–Kier alpha value is -2.50. The van der Waals surface area contributed by atoms with Crippen LogP contribution in [0.25, 0.3) is 11.0 Å². The fraction of sp³-hybridized carbons (Fsp3) is 0.600. The van der Waals surface area contributed by atoms with E-state index in [0.29, 0.717) is 17.7 Å². The highest BCUT2D eigenvalue weighted by molar-refractivity contribution is 5.89. The minimum atomic E-state index is -0.670. The molecule has 2 rings (SSSR count). The van der Waals surface area contributed by atoms with E-state index in [9.17, 15) is 9.59 Å². The normalized spacial score (nSPS) is 11.5. The molecule has 0 aliphatic carbocycles. The first-order valence-corrected chi connectivity index (χ1v) is 11.3. The second kappa shape index (κ2) is 11.8. The van der Waals surface area contributed by atoms with Crippen LogP contribution >= 0.6 is 0 Å². The zero-order valence-electron chi connectivity index (χ0n) is 19.5. The van der Waals surface area contributed by atoms with Crippen molar-refractivity contribution in [3.8, 4) is 17.2 Å². The third-order valence-electron chi connectivity index (χ3n) is 4.71. The second-order valence-corrected chi connectivity index (χ2v) is 8.84. The predicted molar refractivity (Wildman–Crippen MR) is 122 cm³/mol. The van der Waals surface area contributed by atoms with E-state index >= 15 is 0 Å². The zero-order valence-corrected chi connectivity index (χ0v) is 19.5. The molecule has 6 nitrogen and oxygen atoms in total. The Morgan fingerprint density at radius 1 is 0.968 bits per heavy atom. The fourth-order valence-electron chi connectivity index (χ4n) is 3.33. The maximum absolute atomic E-state index is 12.6. The van der Waals surface area contributed by atoms with Crippen LogP contribution in [0.3, 0.4) is 0 Å². The highest BCUT2D eigenvalue weighted by atomic mass is 16.6. The number of esters is 1. The molecule has 6 heteroatoms. The van der Waals surface area contributed by atoms with Crippen molar-refractivity contribution < 1.29 is 23.4 Å². The van der Waals surface area contributed by atoms with Crippen molar-refractivity contribution in [1.29, 1.82) is 0 Å². The summed E-state index contributed by atoms with van der Waals surface area (Å²) in [5.41, 5.74) is -0.787. The molecule has 0 atom stereocenters. The smallest absolute Gasteiger partial charge is 0.383 e. The number of carbonyl (C=O) groups is 1. The van der Waals surface area contributed by atoms with Gasteiger partial charge in [0, 0.05) is 13.0 Å². The van der Waals surface area contributed by atoms with E-state index in [-0.39, 0.29) is 17.1 Å². The molecule has 1 aromatic heterocycles. The minimum Gasteiger partial charge on any atom is -0.488 e. The van der Waals surface area contributed by atoms with Gasteiger partial charge in [0.1, 0.15) is 16.9 Å². The van der Waals surface area contributed by atoms with Gasteiger partial charge in [-0.1, -0.05) is 51.9 Å². The maximum atomic E-state index is 12.6. The van der Waals surface area contributed by atoms with Gasteiger partial charge in [-0.05, 0) is 39.3 Å². The number of hydrogen-bond acceptors (Lipinski definition) is 6. The summed E-state index contributed by atoms with van der Waals surface area (Å²) in [5.74, 6) is 0.0686. The number of fused-ring (bicyclic) bond motifs is 1. The standard InChI is InChI=1S/C25H36O6/c1-6-7-8-9-10-11-12-13-16-28-23-22(29-18(2)26)20-15-14-19(31-25(3,4)5)17-21(20)30-24(23)27/h14-15,17H,6-13,16H2,1-5H3. The molecule has 0 aliphatic heterocycles. The van der Waals surface area contributed by atoms with E-state index in [4.69, 9.17) is 18.6 Å². The molecule has 0 unspecified atom stereocenters. The van der Waals surface area contributed by atoms with E-state index < -0.39 is 17.2 Å². The average molecular weight is 433 g/mol. The molecule has 0 aliphatic rings. The molecule has 0 fully saturated rings. The van der Waals surface area contributed by atoms with Gasteiger partial charge >= 0.3 is 11.6 Å². The Kier molecular flexibility index (Phi) is 9.41. The van der Waals surface area contributed by atoms with Crippen molar-refractivity contribution in [2.24, 2.45) is 0 Å². The van der Waals surface area contributed by atoms with Crippen LogP contribution in [0, 0.1) is 0 Å². The van der Waals surface area contributed by atoms with Crippen molar-refractivity contribution in [2.75, 3.05) is 6.61 Å². The van der Waals surface area contributed by atoms with Gasteiger partial charge in [0.25, 0.3) is 0 Å². The van der Waals surface area contributed by atoms with E-state index in [1.807, 2.05) is 20.8 Å². The van der Waals surface area contributed by atoms with Crippen LogP contribution in [-0.4, -0.2) is 18.2 Å². The average Bonchev–Trinajstić information content (AvgIpc) is 2.66. The van der Waals surface area contributed by atoms with Crippen molar-refractivity contribution in [3.05, 3.63) is 28.6 Å². The Balaban J connectivity index is 2.10. The molecule has 0 bridgehead atoms. The minimum absolute atomic E-state index is 0.0601. The van der Waals surface area contributed by atoms with E-state index in [1.165, 1.54) is 39.0 Å². The lowest BCUT2D eigenvalue weighted by atomic mass is 10.1. The first kappa shape index (κ1) is 24.8. The molecule has 1 heterocycles. The summed E-state index contributed by atoms with van der Waals surface area (Å²) in [6.07, 6.45) is 9.31. The summed E-state index contributed by atoms with van der Waals surface area (Å²) in [7, 11) is 0. The molecule has 1 aromatic carbocycles. The number of ether oxygens (including phenoxy) is 3. The van der Waals surface area contributed by atoms with Gasteiger partial charge in [0.2, 0.25) is 5.75 Å². The van der Waals surface area contributed by atoms with Crippen LogP contribution in [0.5, 0.6) is 17.2 Å². The fourth-order valence-corrected chi connectivity index (χ4v) is 3.33. The zero-order chi connectivity index (χ0) is 22.9. The second-order valence-electron chi connectivity index (χ2n) is 8.84. The van der Waals surface area contributed by atoms with Crippen molar-refractivity contribution in [2.45, 2.75) is 91.6 Å². The van der Waals surface area contributed by atoms with Crippen molar-refractivity contribution in [3.63, 3.8) is 0 Å². The molecule has 2 aromatic rings. The molecule has 0 spiro atoms. The first-order valence-electron chi connectivity index (χ1n) is 11.3. The number of benzene rings is 1. The van der Waals surface area contributed by atoms with E-state index in [2.05, 4.69) is 6.92 Å². The lowest BCUT2D eigenvalue weighted by Crippen LogP contribution is -2.22. The number of carbonyl (C=O) groups excluding carboxylic acids is 1. The number of unbranched alkanes of at least 4 members (excludes halogenated alkanes) is 7. The predicted octanol–water partition coefficient (Wildman–Crippen LogP) is 6.42. The Morgan fingerprint density at radius 3 is 2.23 bits per heavy atom. The highest BCUT2D eigenvalue weighted by Crippen LogP contribution is 2.35. The third kappa shape index (κ3) is 8.27. The molecular weight excluding hydrogens is 396 g/mol. The van der Waals surface area contributed by atoms with Gasteiger partial charge in [-0.25, -0.2) is 4.79 Å². The van der Waals surface area contributed by atoms with Crippen LogP contribution in [0.2, 0.25) is 0 Å². The summed E-state index contributed by atoms with van der Waals surface area (Å²) in [5, 5.41) is 0.488. The summed E-state index contributed by atoms with van der Waals surface area (Å²) < 4.78 is 22.4. The van der Waals surface area contributed by atoms with Gasteiger partial charge < -0.3 is 18.6 Å². The summed E-state index contributed by atoms with van der Waals surface area (Å²) >= 11 is 0. The molecule has 0 saturated carbocycles. The largest absolute Gasteiger partial charge is 0.488 e. The summed E-state index contributed by atoms with van der Waals surface area (Å²) in [4.78, 5) is 24.2. The lowest BCUT2D eigenvalue weighted by molar-refractivity contribution is -0.131. The quantitative estimate of drug-likeness (QED) is 0.219. The van der Waals surface area contributed by atoms with Crippen LogP contribution in [0.4, 0.5) is 0 Å². The molecule has 0 N–H and O–H groups in total.